The van der Waals surface area contributed by atoms with Crippen molar-refractivity contribution in [2.45, 2.75) is 53.1 Å². The van der Waals surface area contributed by atoms with Crippen LogP contribution in [0.15, 0.2) is 42.5 Å². The number of ether oxygens (including phenoxy) is 3. The number of aryl methyl sites for hydroxylation is 2. The van der Waals surface area contributed by atoms with Gasteiger partial charge in [-0.1, -0.05) is 32.0 Å². The van der Waals surface area contributed by atoms with Gasteiger partial charge in [-0.2, -0.15) is 0 Å². The zero-order valence-corrected chi connectivity index (χ0v) is 21.2. The van der Waals surface area contributed by atoms with Crippen molar-refractivity contribution in [2.24, 2.45) is 0 Å². The topological polar surface area (TPSA) is 80.9 Å². The lowest BCUT2D eigenvalue weighted by Gasteiger charge is -2.32. The summed E-state index contributed by atoms with van der Waals surface area (Å²) in [5, 5.41) is 3.80. The lowest BCUT2D eigenvalue weighted by atomic mass is 9.99. The molecule has 0 atom stereocenters. The zero-order valence-electron chi connectivity index (χ0n) is 20.4. The van der Waals surface area contributed by atoms with Crippen molar-refractivity contribution in [1.29, 1.82) is 0 Å². The number of fused-ring (bicyclic) bond motifs is 1. The van der Waals surface area contributed by atoms with Crippen molar-refractivity contribution < 1.29 is 19.0 Å². The number of carbonyl (C=O) groups excluding carboxylic acids is 1. The molecule has 0 bridgehead atoms. The van der Waals surface area contributed by atoms with Crippen LogP contribution in [0.4, 0.5) is 5.69 Å². The fourth-order valence-corrected chi connectivity index (χ4v) is 3.91. The molecule has 8 heteroatoms. The van der Waals surface area contributed by atoms with Gasteiger partial charge in [0.1, 0.15) is 17.1 Å². The Morgan fingerprint density at radius 2 is 1.79 bits per heavy atom. The minimum Gasteiger partial charge on any atom is -0.483 e. The quantitative estimate of drug-likeness (QED) is 0.268. The number of hydrogen-bond acceptors (Lipinski definition) is 6. The molecular formula is C26H33N3O4S. The average molecular weight is 484 g/mol. The highest BCUT2D eigenvalue weighted by molar-refractivity contribution is 7.80. The summed E-state index contributed by atoms with van der Waals surface area (Å²) in [7, 11) is 0. The zero-order chi connectivity index (χ0) is 24.7. The van der Waals surface area contributed by atoms with E-state index in [9.17, 15) is 4.79 Å². The van der Waals surface area contributed by atoms with Crippen LogP contribution in [0.5, 0.6) is 11.5 Å². The normalized spacial score (nSPS) is 13.6. The lowest BCUT2D eigenvalue weighted by Crippen LogP contribution is -2.41. The first kappa shape index (κ1) is 25.4. The largest absolute Gasteiger partial charge is 0.483 e. The second-order valence-corrected chi connectivity index (χ2v) is 8.79. The molecule has 0 amide bonds. The van der Waals surface area contributed by atoms with Gasteiger partial charge in [-0.15, -0.1) is 0 Å². The van der Waals surface area contributed by atoms with Gasteiger partial charge in [0.05, 0.1) is 12.3 Å². The first-order valence-electron chi connectivity index (χ1n) is 11.5. The van der Waals surface area contributed by atoms with E-state index in [2.05, 4.69) is 48.2 Å². The van der Waals surface area contributed by atoms with E-state index in [1.807, 2.05) is 32.1 Å². The molecule has 0 fully saturated rings. The number of nitrogens with one attached hydrogen (secondary N) is 3. The van der Waals surface area contributed by atoms with Crippen molar-refractivity contribution in [3.63, 3.8) is 0 Å². The van der Waals surface area contributed by atoms with Crippen molar-refractivity contribution in [3.8, 4) is 11.5 Å². The third-order valence-electron chi connectivity index (χ3n) is 5.32. The molecule has 0 unspecified atom stereocenters. The maximum absolute atomic E-state index is 11.6. The maximum Gasteiger partial charge on any atom is 0.344 e. The third kappa shape index (κ3) is 6.41. The van der Waals surface area contributed by atoms with Crippen LogP contribution in [0.2, 0.25) is 0 Å². The fourth-order valence-electron chi connectivity index (χ4n) is 3.76. The van der Waals surface area contributed by atoms with Crippen LogP contribution in [-0.4, -0.2) is 29.9 Å². The number of esters is 1. The van der Waals surface area contributed by atoms with Gasteiger partial charge in [0.15, 0.2) is 11.7 Å². The Kier molecular flexibility index (Phi) is 8.39. The second kappa shape index (κ2) is 11.2. The fraction of sp³-hybridized carbons (Fsp3) is 0.385. The molecule has 0 radical (unpaired) electrons. The molecule has 0 saturated carbocycles. The number of para-hydroxylation sites is 1. The molecule has 1 heterocycles. The van der Waals surface area contributed by atoms with Crippen LogP contribution in [0.25, 0.3) is 5.70 Å². The number of benzene rings is 2. The predicted octanol–water partition coefficient (Wildman–Crippen LogP) is 4.76. The second-order valence-electron chi connectivity index (χ2n) is 8.38. The number of anilines is 1. The highest BCUT2D eigenvalue weighted by atomic mass is 32.1. The van der Waals surface area contributed by atoms with Gasteiger partial charge in [0.25, 0.3) is 0 Å². The molecular weight excluding hydrogens is 450 g/mol. The van der Waals surface area contributed by atoms with Gasteiger partial charge >= 0.3 is 5.97 Å². The van der Waals surface area contributed by atoms with Gasteiger partial charge in [0.2, 0.25) is 0 Å². The van der Waals surface area contributed by atoms with Crippen LogP contribution in [-0.2, 0) is 22.4 Å². The summed E-state index contributed by atoms with van der Waals surface area (Å²) in [6.07, 6.45) is 3.78. The van der Waals surface area contributed by atoms with E-state index >= 15 is 0 Å². The first-order valence-corrected chi connectivity index (χ1v) is 12.0. The first-order chi connectivity index (χ1) is 16.3. The van der Waals surface area contributed by atoms with E-state index < -0.39 is 11.6 Å². The summed E-state index contributed by atoms with van der Waals surface area (Å²) in [6.45, 7) is 10.1. The van der Waals surface area contributed by atoms with Crippen molar-refractivity contribution in [3.05, 3.63) is 59.2 Å². The Labute approximate surface area is 206 Å². The lowest BCUT2D eigenvalue weighted by molar-refractivity contribution is -0.145. The van der Waals surface area contributed by atoms with Gasteiger partial charge in [-0.25, -0.2) is 4.79 Å². The van der Waals surface area contributed by atoms with Crippen LogP contribution < -0.4 is 25.6 Å². The molecule has 1 aliphatic heterocycles. The van der Waals surface area contributed by atoms with Crippen LogP contribution >= 0.6 is 12.2 Å². The number of carbonyl (C=O) groups is 1. The summed E-state index contributed by atoms with van der Waals surface area (Å²) in [4.78, 5) is 11.6. The van der Waals surface area contributed by atoms with Crippen LogP contribution in [0.1, 0.15) is 51.3 Å². The Bertz CT molecular complexity index is 1060. The Morgan fingerprint density at radius 1 is 1.09 bits per heavy atom. The van der Waals surface area contributed by atoms with Crippen molar-refractivity contribution >= 4 is 34.7 Å². The van der Waals surface area contributed by atoms with E-state index in [1.165, 1.54) is 11.1 Å². The highest BCUT2D eigenvalue weighted by Crippen LogP contribution is 2.37. The standard InChI is InChI=1S/C26H33N3O4S/c1-6-17-10-9-11-18(7-2)24(17)27-25(34)29-28-21-15-26(4,5)33-22-13-12-19(14-20(21)22)32-16-23(30)31-8-3/h9-15,28H,6-8,16H2,1-5H3,(H2,27,29,34). The van der Waals surface area contributed by atoms with Gasteiger partial charge < -0.3 is 19.5 Å². The Balaban J connectivity index is 1.74. The minimum absolute atomic E-state index is 0.158. The summed E-state index contributed by atoms with van der Waals surface area (Å²) >= 11 is 5.58. The molecule has 0 aromatic heterocycles. The van der Waals surface area contributed by atoms with E-state index in [-0.39, 0.29) is 6.61 Å². The molecule has 2 aromatic rings. The average Bonchev–Trinajstić information content (AvgIpc) is 2.81. The van der Waals surface area contributed by atoms with E-state index in [0.717, 1.165) is 29.8 Å². The summed E-state index contributed by atoms with van der Waals surface area (Å²) in [5.74, 6) is 0.820. The highest BCUT2D eigenvalue weighted by Gasteiger charge is 2.27. The summed E-state index contributed by atoms with van der Waals surface area (Å²) < 4.78 is 16.6. The van der Waals surface area contributed by atoms with Crippen LogP contribution in [0.3, 0.4) is 0 Å². The van der Waals surface area contributed by atoms with Gasteiger partial charge in [0, 0.05) is 11.3 Å². The Hall–Kier alpha value is -3.26. The summed E-state index contributed by atoms with van der Waals surface area (Å²) in [6, 6.07) is 11.7. The SMILES string of the molecule is CCOC(=O)COc1ccc2c(c1)C(NNC(=S)Nc1c(CC)cccc1CC)=CC(C)(C)O2. The van der Waals surface area contributed by atoms with E-state index in [1.54, 1.807) is 13.0 Å². The molecule has 3 rings (SSSR count). The van der Waals surface area contributed by atoms with Gasteiger partial charge in [-0.3, -0.25) is 10.9 Å². The maximum atomic E-state index is 11.6. The smallest absolute Gasteiger partial charge is 0.344 e. The molecule has 182 valence electrons. The summed E-state index contributed by atoms with van der Waals surface area (Å²) in [5.41, 5.74) is 10.8. The number of thiocarbonyl (C=S) groups is 1. The monoisotopic (exact) mass is 483 g/mol. The number of rotatable bonds is 9. The van der Waals surface area contributed by atoms with Crippen molar-refractivity contribution in [1.82, 2.24) is 10.9 Å². The molecule has 0 saturated heterocycles. The minimum atomic E-state index is -0.524. The number of hydrazine groups is 1. The molecule has 1 aliphatic rings. The van der Waals surface area contributed by atoms with Crippen LogP contribution in [0, 0.1) is 0 Å². The molecule has 2 aromatic carbocycles. The van der Waals surface area contributed by atoms with E-state index in [0.29, 0.717) is 23.2 Å². The molecule has 0 spiro atoms. The Morgan fingerprint density at radius 3 is 2.44 bits per heavy atom. The predicted molar refractivity (Wildman–Crippen MR) is 139 cm³/mol. The molecule has 7 nitrogen and oxygen atoms in total. The van der Waals surface area contributed by atoms with Gasteiger partial charge in [-0.05, 0) is 81.2 Å². The third-order valence-corrected chi connectivity index (χ3v) is 5.52. The van der Waals surface area contributed by atoms with E-state index in [4.69, 9.17) is 26.4 Å². The number of hydrogen-bond donors (Lipinski definition) is 3. The van der Waals surface area contributed by atoms with Crippen molar-refractivity contribution in [2.75, 3.05) is 18.5 Å². The molecule has 34 heavy (non-hydrogen) atoms. The molecule has 0 aliphatic carbocycles. The molecule has 3 N–H and O–H groups in total.